The zero-order valence-corrected chi connectivity index (χ0v) is 8.90. The van der Waals surface area contributed by atoms with Crippen molar-refractivity contribution in [1.82, 2.24) is 15.2 Å². The third-order valence-electron chi connectivity index (χ3n) is 2.36. The van der Waals surface area contributed by atoms with Gasteiger partial charge in [0.15, 0.2) is 0 Å². The number of methoxy groups -OCH3 is 1. The molecule has 80 valence electrons. The molecule has 1 rings (SSSR count). The summed E-state index contributed by atoms with van der Waals surface area (Å²) in [4.78, 5) is 0. The molecule has 0 spiro atoms. The highest BCUT2D eigenvalue weighted by Gasteiger charge is 2.18. The minimum absolute atomic E-state index is 0.0136. The first-order valence-electron chi connectivity index (χ1n) is 4.74. The Labute approximate surface area is 84.2 Å². The lowest BCUT2D eigenvalue weighted by molar-refractivity contribution is 0.0830. The van der Waals surface area contributed by atoms with Crippen molar-refractivity contribution in [3.63, 3.8) is 0 Å². The summed E-state index contributed by atoms with van der Waals surface area (Å²) < 4.78 is 7.08. The molecule has 0 aliphatic rings. The Bertz CT molecular complexity index is 274. The van der Waals surface area contributed by atoms with E-state index >= 15 is 0 Å². The minimum atomic E-state index is -0.0136. The molecule has 1 aromatic rings. The third kappa shape index (κ3) is 2.31. The van der Waals surface area contributed by atoms with Crippen LogP contribution in [-0.4, -0.2) is 23.0 Å². The van der Waals surface area contributed by atoms with Crippen LogP contribution in [0.5, 0.6) is 0 Å². The van der Waals surface area contributed by atoms with E-state index in [4.69, 9.17) is 10.6 Å². The first-order valence-corrected chi connectivity index (χ1v) is 4.74. The molecule has 2 atom stereocenters. The summed E-state index contributed by atoms with van der Waals surface area (Å²) >= 11 is 0. The van der Waals surface area contributed by atoms with Crippen molar-refractivity contribution < 1.29 is 4.74 Å². The SMILES string of the molecule is CCn1cc(C(NN)C(C)OC)cn1. The molecular formula is C9H18N4O. The first kappa shape index (κ1) is 11.2. The lowest BCUT2D eigenvalue weighted by Gasteiger charge is -2.20. The van der Waals surface area contributed by atoms with E-state index in [9.17, 15) is 0 Å². The molecule has 0 fully saturated rings. The number of aromatic nitrogens is 2. The van der Waals surface area contributed by atoms with Crippen LogP contribution in [0.3, 0.4) is 0 Å². The van der Waals surface area contributed by atoms with Crippen molar-refractivity contribution >= 4 is 0 Å². The first-order chi connectivity index (χ1) is 6.72. The zero-order valence-electron chi connectivity index (χ0n) is 8.90. The van der Waals surface area contributed by atoms with Gasteiger partial charge in [0.25, 0.3) is 0 Å². The standard InChI is InChI=1S/C9H18N4O/c1-4-13-6-8(5-11-13)9(12-10)7(2)14-3/h5-7,9,12H,4,10H2,1-3H3. The van der Waals surface area contributed by atoms with Gasteiger partial charge in [-0.05, 0) is 13.8 Å². The molecule has 0 aliphatic heterocycles. The Balaban J connectivity index is 2.78. The number of nitrogens with two attached hydrogens (primary N) is 1. The van der Waals surface area contributed by atoms with Crippen molar-refractivity contribution in [2.24, 2.45) is 5.84 Å². The number of nitrogens with one attached hydrogen (secondary N) is 1. The monoisotopic (exact) mass is 198 g/mol. The molecule has 3 N–H and O–H groups in total. The molecule has 0 aromatic carbocycles. The van der Waals surface area contributed by atoms with Gasteiger partial charge in [-0.3, -0.25) is 16.0 Å². The van der Waals surface area contributed by atoms with Crippen LogP contribution >= 0.6 is 0 Å². The van der Waals surface area contributed by atoms with Crippen LogP contribution in [0.25, 0.3) is 0 Å². The molecule has 0 bridgehead atoms. The predicted molar refractivity (Wildman–Crippen MR) is 54.4 cm³/mol. The number of nitrogens with zero attached hydrogens (tertiary/aromatic N) is 2. The summed E-state index contributed by atoms with van der Waals surface area (Å²) in [6.45, 7) is 4.87. The van der Waals surface area contributed by atoms with Crippen LogP contribution in [0.4, 0.5) is 0 Å². The molecule has 0 saturated carbocycles. The van der Waals surface area contributed by atoms with E-state index in [-0.39, 0.29) is 12.1 Å². The summed E-state index contributed by atoms with van der Waals surface area (Å²) in [5, 5.41) is 4.19. The number of rotatable bonds is 5. The van der Waals surface area contributed by atoms with Crippen LogP contribution in [0.15, 0.2) is 12.4 Å². The number of hydrogen-bond acceptors (Lipinski definition) is 4. The fraction of sp³-hybridized carbons (Fsp3) is 0.667. The molecule has 5 heteroatoms. The van der Waals surface area contributed by atoms with E-state index in [1.54, 1.807) is 7.11 Å². The Kier molecular flexibility index (Phi) is 4.06. The summed E-state index contributed by atoms with van der Waals surface area (Å²) in [5.74, 6) is 5.46. The highest BCUT2D eigenvalue weighted by molar-refractivity contribution is 5.11. The molecule has 0 amide bonds. The largest absolute Gasteiger partial charge is 0.380 e. The average Bonchev–Trinajstić information content (AvgIpc) is 2.67. The molecule has 1 aromatic heterocycles. The van der Waals surface area contributed by atoms with Crippen LogP contribution < -0.4 is 11.3 Å². The maximum absolute atomic E-state index is 5.46. The van der Waals surface area contributed by atoms with Crippen molar-refractivity contribution in [2.45, 2.75) is 32.5 Å². The Morgan fingerprint density at radius 1 is 1.71 bits per heavy atom. The summed E-state index contributed by atoms with van der Waals surface area (Å²) in [7, 11) is 1.67. The van der Waals surface area contributed by atoms with Gasteiger partial charge in [-0.25, -0.2) is 0 Å². The van der Waals surface area contributed by atoms with Crippen LogP contribution in [0, 0.1) is 0 Å². The van der Waals surface area contributed by atoms with Gasteiger partial charge in [-0.1, -0.05) is 0 Å². The van der Waals surface area contributed by atoms with Gasteiger partial charge in [0.1, 0.15) is 0 Å². The van der Waals surface area contributed by atoms with E-state index in [0.29, 0.717) is 0 Å². The van der Waals surface area contributed by atoms with Gasteiger partial charge in [0.2, 0.25) is 0 Å². The highest BCUT2D eigenvalue weighted by Crippen LogP contribution is 2.16. The summed E-state index contributed by atoms with van der Waals surface area (Å²) in [6.07, 6.45) is 3.80. The number of ether oxygens (including phenoxy) is 1. The lowest BCUT2D eigenvalue weighted by Crippen LogP contribution is -2.35. The molecule has 0 saturated heterocycles. The molecule has 2 unspecified atom stereocenters. The lowest BCUT2D eigenvalue weighted by atomic mass is 10.1. The van der Waals surface area contributed by atoms with E-state index < -0.39 is 0 Å². The molecule has 0 aliphatic carbocycles. The van der Waals surface area contributed by atoms with Gasteiger partial charge < -0.3 is 4.74 Å². The minimum Gasteiger partial charge on any atom is -0.380 e. The zero-order chi connectivity index (χ0) is 10.6. The fourth-order valence-electron chi connectivity index (χ4n) is 1.35. The van der Waals surface area contributed by atoms with E-state index in [1.165, 1.54) is 0 Å². The molecule has 1 heterocycles. The van der Waals surface area contributed by atoms with E-state index in [0.717, 1.165) is 12.1 Å². The van der Waals surface area contributed by atoms with Crippen LogP contribution in [-0.2, 0) is 11.3 Å². The summed E-state index contributed by atoms with van der Waals surface area (Å²) in [5.41, 5.74) is 3.77. The van der Waals surface area contributed by atoms with Crippen molar-refractivity contribution in [1.29, 1.82) is 0 Å². The second-order valence-corrected chi connectivity index (χ2v) is 3.21. The van der Waals surface area contributed by atoms with E-state index in [2.05, 4.69) is 10.5 Å². The quantitative estimate of drug-likeness (QED) is 0.532. The number of hydrazine groups is 1. The number of hydrogen-bond donors (Lipinski definition) is 2. The second kappa shape index (κ2) is 5.09. The smallest absolute Gasteiger partial charge is 0.0752 e. The van der Waals surface area contributed by atoms with Gasteiger partial charge >= 0.3 is 0 Å². The van der Waals surface area contributed by atoms with Gasteiger partial charge in [-0.2, -0.15) is 5.10 Å². The van der Waals surface area contributed by atoms with Gasteiger partial charge in [0.05, 0.1) is 18.3 Å². The Hall–Kier alpha value is -0.910. The maximum atomic E-state index is 5.46. The molecule has 5 nitrogen and oxygen atoms in total. The van der Waals surface area contributed by atoms with Crippen molar-refractivity contribution in [3.05, 3.63) is 18.0 Å². The predicted octanol–water partition coefficient (Wildman–Crippen LogP) is 0.442. The normalized spacial score (nSPS) is 15.4. The van der Waals surface area contributed by atoms with Gasteiger partial charge in [-0.15, -0.1) is 0 Å². The molecule has 14 heavy (non-hydrogen) atoms. The second-order valence-electron chi connectivity index (χ2n) is 3.21. The maximum Gasteiger partial charge on any atom is 0.0752 e. The van der Waals surface area contributed by atoms with Crippen molar-refractivity contribution in [2.75, 3.05) is 7.11 Å². The topological polar surface area (TPSA) is 65.1 Å². The number of aryl methyl sites for hydroxylation is 1. The van der Waals surface area contributed by atoms with Crippen LogP contribution in [0.2, 0.25) is 0 Å². The highest BCUT2D eigenvalue weighted by atomic mass is 16.5. The Morgan fingerprint density at radius 2 is 2.43 bits per heavy atom. The molecular weight excluding hydrogens is 180 g/mol. The van der Waals surface area contributed by atoms with Crippen LogP contribution in [0.1, 0.15) is 25.5 Å². The average molecular weight is 198 g/mol. The van der Waals surface area contributed by atoms with Crippen molar-refractivity contribution in [3.8, 4) is 0 Å². The molecule has 0 radical (unpaired) electrons. The van der Waals surface area contributed by atoms with E-state index in [1.807, 2.05) is 30.9 Å². The summed E-state index contributed by atoms with van der Waals surface area (Å²) in [6, 6.07) is -0.0136. The Morgan fingerprint density at radius 3 is 2.86 bits per heavy atom. The van der Waals surface area contributed by atoms with Gasteiger partial charge in [0, 0.05) is 25.4 Å². The third-order valence-corrected chi connectivity index (χ3v) is 2.36. The fourth-order valence-corrected chi connectivity index (χ4v) is 1.35.